The molecule has 3 aromatic rings. The fraction of sp³-hybridized carbons (Fsp3) is 0.333. The number of sulfonamides is 1. The van der Waals surface area contributed by atoms with E-state index in [1.54, 1.807) is 0 Å². The van der Waals surface area contributed by atoms with Crippen molar-refractivity contribution in [2.24, 2.45) is 5.41 Å². The van der Waals surface area contributed by atoms with E-state index in [1.807, 2.05) is 52.0 Å². The molecule has 0 aliphatic heterocycles. The third-order valence-corrected chi connectivity index (χ3v) is 7.96. The van der Waals surface area contributed by atoms with Crippen molar-refractivity contribution in [3.8, 4) is 5.75 Å². The maximum absolute atomic E-state index is 12.6. The van der Waals surface area contributed by atoms with Crippen LogP contribution in [0.2, 0.25) is 5.02 Å². The lowest BCUT2D eigenvalue weighted by molar-refractivity contribution is 0.346. The van der Waals surface area contributed by atoms with Crippen molar-refractivity contribution >= 4 is 38.7 Å². The van der Waals surface area contributed by atoms with Gasteiger partial charge in [0.2, 0.25) is 10.0 Å². The van der Waals surface area contributed by atoms with Crippen LogP contribution < -0.4 is 21.5 Å². The predicted molar refractivity (Wildman–Crippen MR) is 136 cm³/mol. The van der Waals surface area contributed by atoms with E-state index < -0.39 is 31.5 Å². The summed E-state index contributed by atoms with van der Waals surface area (Å²) < 4.78 is 26.2. The van der Waals surface area contributed by atoms with Gasteiger partial charge >= 0.3 is 0 Å². The van der Waals surface area contributed by atoms with E-state index >= 15 is 0 Å². The van der Waals surface area contributed by atoms with E-state index in [2.05, 4.69) is 10.6 Å². The van der Waals surface area contributed by atoms with Gasteiger partial charge < -0.3 is 15.7 Å². The minimum Gasteiger partial charge on any atom is -0.504 e. The average Bonchev–Trinajstić information content (AvgIpc) is 2.74. The second-order valence-electron chi connectivity index (χ2n) is 9.39. The summed E-state index contributed by atoms with van der Waals surface area (Å²) in [5, 5.41) is 16.5. The number of phenols is 1. The number of rotatable bonds is 7. The van der Waals surface area contributed by atoms with E-state index in [1.165, 1.54) is 26.2 Å². The van der Waals surface area contributed by atoms with Gasteiger partial charge in [0.1, 0.15) is 16.3 Å². The summed E-state index contributed by atoms with van der Waals surface area (Å²) in [6, 6.07) is 10.1. The highest BCUT2D eigenvalue weighted by Crippen LogP contribution is 2.41. The van der Waals surface area contributed by atoms with Crippen LogP contribution in [-0.4, -0.2) is 31.9 Å². The van der Waals surface area contributed by atoms with Crippen LogP contribution in [0.4, 0.5) is 17.1 Å². The summed E-state index contributed by atoms with van der Waals surface area (Å²) in [7, 11) is -1.46. The standard InChI is InChI=1S/C24H28ClN3O5S/c1-13-9-7-8-10-14(13)23(24(2,3)4)27-18-17(20(30)21(18)31)26-16-12-11-15(25)22(19(16)29)34(32,33)28(5)6/h7-12,23,26-27,29H,1-6H3. The molecule has 0 heterocycles. The number of nitrogens with one attached hydrogen (secondary N) is 2. The van der Waals surface area contributed by atoms with E-state index in [9.17, 15) is 23.1 Å². The number of benzene rings is 2. The molecular formula is C24H28ClN3O5S. The van der Waals surface area contributed by atoms with Crippen molar-refractivity contribution in [3.05, 3.63) is 73.0 Å². The Morgan fingerprint density at radius 1 is 1.00 bits per heavy atom. The van der Waals surface area contributed by atoms with E-state index in [0.717, 1.165) is 15.4 Å². The summed E-state index contributed by atoms with van der Waals surface area (Å²) in [6.07, 6.45) is 0. The van der Waals surface area contributed by atoms with Gasteiger partial charge in [0.15, 0.2) is 5.75 Å². The lowest BCUT2D eigenvalue weighted by Crippen LogP contribution is -2.39. The van der Waals surface area contributed by atoms with Gasteiger partial charge in [-0.1, -0.05) is 56.6 Å². The number of halogens is 1. The Kier molecular flexibility index (Phi) is 6.85. The number of anilines is 3. The zero-order valence-corrected chi connectivity index (χ0v) is 21.4. The van der Waals surface area contributed by atoms with Crippen LogP contribution in [0.25, 0.3) is 0 Å². The molecule has 0 spiro atoms. The van der Waals surface area contributed by atoms with Crippen LogP contribution in [0.3, 0.4) is 0 Å². The molecule has 1 atom stereocenters. The Labute approximate surface area is 203 Å². The van der Waals surface area contributed by atoms with Crippen molar-refractivity contribution in [2.75, 3.05) is 24.7 Å². The van der Waals surface area contributed by atoms with Crippen molar-refractivity contribution in [2.45, 2.75) is 38.6 Å². The van der Waals surface area contributed by atoms with Gasteiger partial charge in [-0.2, -0.15) is 0 Å². The van der Waals surface area contributed by atoms with Crippen molar-refractivity contribution in [1.29, 1.82) is 0 Å². The number of hydrogen-bond donors (Lipinski definition) is 3. The zero-order valence-electron chi connectivity index (χ0n) is 19.9. The highest BCUT2D eigenvalue weighted by Gasteiger charge is 2.33. The van der Waals surface area contributed by atoms with E-state index in [-0.39, 0.29) is 33.5 Å². The lowest BCUT2D eigenvalue weighted by Gasteiger charge is -2.34. The molecule has 0 saturated heterocycles. The molecule has 3 N–H and O–H groups in total. The SMILES string of the molecule is Cc1ccccc1C(Nc1c(Nc2ccc(Cl)c(S(=O)(=O)N(C)C)c2O)c(=O)c1=O)C(C)(C)C. The van der Waals surface area contributed by atoms with Crippen molar-refractivity contribution in [3.63, 3.8) is 0 Å². The maximum atomic E-state index is 12.6. The van der Waals surface area contributed by atoms with Gasteiger partial charge in [0.25, 0.3) is 10.9 Å². The van der Waals surface area contributed by atoms with E-state index in [4.69, 9.17) is 11.6 Å². The van der Waals surface area contributed by atoms with Crippen LogP contribution in [0.5, 0.6) is 5.75 Å². The number of nitrogens with zero attached hydrogens (tertiary/aromatic N) is 1. The molecule has 0 amide bonds. The fourth-order valence-electron chi connectivity index (χ4n) is 3.67. The molecule has 0 aliphatic rings. The monoisotopic (exact) mass is 505 g/mol. The third-order valence-electron chi connectivity index (χ3n) is 5.65. The number of phenolic OH excluding ortho intramolecular Hbond substituents is 1. The first-order valence-corrected chi connectivity index (χ1v) is 12.4. The topological polar surface area (TPSA) is 116 Å². The van der Waals surface area contributed by atoms with Crippen LogP contribution in [0, 0.1) is 12.3 Å². The first-order chi connectivity index (χ1) is 15.7. The molecule has 1 unspecified atom stereocenters. The second-order valence-corrected chi connectivity index (χ2v) is 11.9. The molecule has 3 rings (SSSR count). The second kappa shape index (κ2) is 9.05. The minimum absolute atomic E-state index is 0.0568. The molecule has 0 radical (unpaired) electrons. The summed E-state index contributed by atoms with van der Waals surface area (Å²) in [6.45, 7) is 8.01. The van der Waals surface area contributed by atoms with Crippen molar-refractivity contribution in [1.82, 2.24) is 4.31 Å². The van der Waals surface area contributed by atoms with Crippen LogP contribution in [-0.2, 0) is 10.0 Å². The smallest absolute Gasteiger partial charge is 0.253 e. The van der Waals surface area contributed by atoms with Crippen LogP contribution >= 0.6 is 11.6 Å². The molecule has 3 aromatic carbocycles. The molecular weight excluding hydrogens is 478 g/mol. The maximum Gasteiger partial charge on any atom is 0.253 e. The average molecular weight is 506 g/mol. The minimum atomic E-state index is -4.07. The lowest BCUT2D eigenvalue weighted by atomic mass is 9.80. The highest BCUT2D eigenvalue weighted by atomic mass is 35.5. The number of aromatic hydroxyl groups is 1. The summed E-state index contributed by atoms with van der Waals surface area (Å²) in [5.41, 5.74) is 0.158. The quantitative estimate of drug-likeness (QED) is 0.326. The first-order valence-electron chi connectivity index (χ1n) is 10.5. The first kappa shape index (κ1) is 25.7. The fourth-order valence-corrected chi connectivity index (χ4v) is 5.15. The van der Waals surface area contributed by atoms with Gasteiger partial charge in [-0.05, 0) is 35.6 Å². The van der Waals surface area contributed by atoms with Crippen molar-refractivity contribution < 1.29 is 13.5 Å². The Hall–Kier alpha value is -2.88. The largest absolute Gasteiger partial charge is 0.504 e. The number of hydrogen-bond acceptors (Lipinski definition) is 7. The summed E-state index contributed by atoms with van der Waals surface area (Å²) in [4.78, 5) is 24.4. The summed E-state index contributed by atoms with van der Waals surface area (Å²) >= 11 is 6.06. The Balaban J connectivity index is 2.05. The van der Waals surface area contributed by atoms with Gasteiger partial charge in [0, 0.05) is 14.1 Å². The van der Waals surface area contributed by atoms with Crippen LogP contribution in [0.1, 0.15) is 37.9 Å². The highest BCUT2D eigenvalue weighted by molar-refractivity contribution is 7.89. The molecule has 0 aliphatic carbocycles. The van der Waals surface area contributed by atoms with Gasteiger partial charge in [-0.3, -0.25) is 9.59 Å². The molecule has 0 saturated carbocycles. The molecule has 34 heavy (non-hydrogen) atoms. The molecule has 8 nitrogen and oxygen atoms in total. The van der Waals surface area contributed by atoms with Gasteiger partial charge in [-0.15, -0.1) is 0 Å². The van der Waals surface area contributed by atoms with Gasteiger partial charge in [-0.25, -0.2) is 12.7 Å². The summed E-state index contributed by atoms with van der Waals surface area (Å²) in [5.74, 6) is -0.647. The Morgan fingerprint density at radius 2 is 1.59 bits per heavy atom. The molecule has 0 bridgehead atoms. The predicted octanol–water partition coefficient (Wildman–Crippen LogP) is 4.14. The Bertz CT molecular complexity index is 1420. The molecule has 182 valence electrons. The zero-order chi connectivity index (χ0) is 25.6. The molecule has 0 aromatic heterocycles. The normalized spacial score (nSPS) is 13.3. The molecule has 10 heteroatoms. The third kappa shape index (κ3) is 4.55. The number of aryl methyl sites for hydroxylation is 1. The van der Waals surface area contributed by atoms with Gasteiger partial charge in [0.05, 0.1) is 16.8 Å². The van der Waals surface area contributed by atoms with E-state index in [0.29, 0.717) is 0 Å². The van der Waals surface area contributed by atoms with Crippen LogP contribution in [0.15, 0.2) is 50.9 Å². The molecule has 0 fully saturated rings. The Morgan fingerprint density at radius 3 is 2.15 bits per heavy atom.